The summed E-state index contributed by atoms with van der Waals surface area (Å²) in [5.41, 5.74) is 0.948. The first-order valence-electron chi connectivity index (χ1n) is 5.24. The molecule has 0 spiro atoms. The average Bonchev–Trinajstić information content (AvgIpc) is 2.27. The summed E-state index contributed by atoms with van der Waals surface area (Å²) >= 11 is 16.9. The molecule has 0 saturated carbocycles. The monoisotopic (exact) mass is 339 g/mol. The van der Waals surface area contributed by atoms with Gasteiger partial charge in [-0.05, 0) is 19.1 Å². The number of halogens is 3. The summed E-state index contributed by atoms with van der Waals surface area (Å²) < 4.78 is 24.0. The molecule has 19 heavy (non-hydrogen) atoms. The van der Waals surface area contributed by atoms with Gasteiger partial charge in [0.05, 0.1) is 18.0 Å². The maximum atomic E-state index is 12.4. The fourth-order valence-corrected chi connectivity index (χ4v) is 3.42. The van der Waals surface area contributed by atoms with Gasteiger partial charge in [-0.15, -0.1) is 6.42 Å². The van der Waals surface area contributed by atoms with Gasteiger partial charge in [-0.25, -0.2) is 8.42 Å². The van der Waals surface area contributed by atoms with Gasteiger partial charge in [0.15, 0.2) is 0 Å². The molecule has 1 aromatic carbocycles. The van der Waals surface area contributed by atoms with Crippen LogP contribution in [0.4, 0.5) is 0 Å². The molecule has 0 unspecified atom stereocenters. The SMILES string of the molecule is C#CCN(CC(Cl)(Cl)Cl)S(=O)(=O)c1ccc(C)cc1. The summed E-state index contributed by atoms with van der Waals surface area (Å²) in [5.74, 6) is 2.25. The zero-order chi connectivity index (χ0) is 14.7. The Labute approximate surface area is 128 Å². The van der Waals surface area contributed by atoms with Gasteiger partial charge >= 0.3 is 0 Å². The van der Waals surface area contributed by atoms with Crippen molar-refractivity contribution in [3.05, 3.63) is 29.8 Å². The molecule has 0 aromatic heterocycles. The second-order valence-electron chi connectivity index (χ2n) is 3.91. The third kappa shape index (κ3) is 4.87. The minimum atomic E-state index is -3.78. The summed E-state index contributed by atoms with van der Waals surface area (Å²) in [7, 11) is -3.78. The summed E-state index contributed by atoms with van der Waals surface area (Å²) in [6, 6.07) is 6.37. The van der Waals surface area contributed by atoms with Crippen LogP contribution in [0.25, 0.3) is 0 Å². The fraction of sp³-hybridized carbons (Fsp3) is 0.333. The zero-order valence-corrected chi connectivity index (χ0v) is 13.2. The van der Waals surface area contributed by atoms with Crippen LogP contribution in [0.15, 0.2) is 29.2 Å². The third-order valence-electron chi connectivity index (χ3n) is 2.28. The van der Waals surface area contributed by atoms with Crippen molar-refractivity contribution >= 4 is 44.8 Å². The topological polar surface area (TPSA) is 37.4 Å². The number of hydrogen-bond acceptors (Lipinski definition) is 2. The van der Waals surface area contributed by atoms with E-state index in [0.29, 0.717) is 0 Å². The molecule has 7 heteroatoms. The van der Waals surface area contributed by atoms with Crippen molar-refractivity contribution in [2.24, 2.45) is 0 Å². The lowest BCUT2D eigenvalue weighted by atomic mass is 10.2. The largest absolute Gasteiger partial charge is 0.244 e. The zero-order valence-electron chi connectivity index (χ0n) is 10.1. The van der Waals surface area contributed by atoms with Gasteiger partial charge in [-0.1, -0.05) is 58.4 Å². The fourth-order valence-electron chi connectivity index (χ4n) is 1.39. The summed E-state index contributed by atoms with van der Waals surface area (Å²) in [5, 5.41) is 0. The predicted molar refractivity (Wildman–Crippen MR) is 79.1 cm³/mol. The van der Waals surface area contributed by atoms with Crippen LogP contribution < -0.4 is 0 Å². The molecule has 0 saturated heterocycles. The Morgan fingerprint density at radius 2 is 1.79 bits per heavy atom. The van der Waals surface area contributed by atoms with E-state index in [1.165, 1.54) is 12.1 Å². The van der Waals surface area contributed by atoms with Crippen molar-refractivity contribution in [2.75, 3.05) is 13.1 Å². The van der Waals surface area contributed by atoms with Crippen molar-refractivity contribution in [1.29, 1.82) is 0 Å². The van der Waals surface area contributed by atoms with Gasteiger partial charge in [-0.2, -0.15) is 4.31 Å². The molecule has 0 fully saturated rings. The van der Waals surface area contributed by atoms with E-state index in [-0.39, 0.29) is 18.0 Å². The van der Waals surface area contributed by atoms with E-state index < -0.39 is 13.8 Å². The average molecular weight is 341 g/mol. The van der Waals surface area contributed by atoms with E-state index in [2.05, 4.69) is 5.92 Å². The number of terminal acetylenes is 1. The van der Waals surface area contributed by atoms with E-state index in [4.69, 9.17) is 41.2 Å². The lowest BCUT2D eigenvalue weighted by Gasteiger charge is -2.23. The van der Waals surface area contributed by atoms with Crippen molar-refractivity contribution in [3.63, 3.8) is 0 Å². The molecule has 1 aromatic rings. The molecule has 0 amide bonds. The normalized spacial score (nSPS) is 12.4. The second-order valence-corrected chi connectivity index (χ2v) is 8.36. The first-order valence-corrected chi connectivity index (χ1v) is 7.81. The molecule has 0 aliphatic rings. The Morgan fingerprint density at radius 3 is 2.21 bits per heavy atom. The van der Waals surface area contributed by atoms with Crippen LogP contribution in [0.1, 0.15) is 5.56 Å². The van der Waals surface area contributed by atoms with Crippen molar-refractivity contribution < 1.29 is 8.42 Å². The van der Waals surface area contributed by atoms with E-state index in [1.54, 1.807) is 12.1 Å². The standard InChI is InChI=1S/C12H12Cl3NO2S/c1-3-8-16(9-12(13,14)15)19(17,18)11-6-4-10(2)5-7-11/h1,4-7H,8-9H2,2H3. The summed E-state index contributed by atoms with van der Waals surface area (Å²) in [4.78, 5) is 0.114. The molecule has 0 aliphatic carbocycles. The van der Waals surface area contributed by atoms with Crippen LogP contribution in [0.5, 0.6) is 0 Å². The number of rotatable bonds is 4. The highest BCUT2D eigenvalue weighted by molar-refractivity contribution is 7.89. The lowest BCUT2D eigenvalue weighted by Crippen LogP contribution is -2.37. The van der Waals surface area contributed by atoms with Gasteiger partial charge in [0.1, 0.15) is 0 Å². The number of sulfonamides is 1. The molecule has 1 rings (SSSR count). The van der Waals surface area contributed by atoms with Gasteiger partial charge < -0.3 is 0 Å². The van der Waals surface area contributed by atoms with E-state index in [0.717, 1.165) is 9.87 Å². The Kier molecular flexibility index (Phi) is 5.54. The Balaban J connectivity index is 3.13. The third-order valence-corrected chi connectivity index (χ3v) is 4.45. The molecule has 0 radical (unpaired) electrons. The molecule has 0 N–H and O–H groups in total. The van der Waals surface area contributed by atoms with Gasteiger partial charge in [-0.3, -0.25) is 0 Å². The van der Waals surface area contributed by atoms with E-state index in [1.807, 2.05) is 6.92 Å². The summed E-state index contributed by atoms with van der Waals surface area (Å²) in [6.45, 7) is 1.39. The lowest BCUT2D eigenvalue weighted by molar-refractivity contribution is 0.453. The molecule has 104 valence electrons. The molecule has 0 atom stereocenters. The quantitative estimate of drug-likeness (QED) is 0.624. The predicted octanol–water partition coefficient (Wildman–Crippen LogP) is 2.99. The van der Waals surface area contributed by atoms with Crippen molar-refractivity contribution in [1.82, 2.24) is 4.31 Å². The van der Waals surface area contributed by atoms with Gasteiger partial charge in [0.2, 0.25) is 13.8 Å². The van der Waals surface area contributed by atoms with E-state index in [9.17, 15) is 8.42 Å². The highest BCUT2D eigenvalue weighted by atomic mass is 35.6. The molecular weight excluding hydrogens is 329 g/mol. The number of aryl methyl sites for hydroxylation is 1. The molecule has 0 heterocycles. The molecule has 0 aliphatic heterocycles. The van der Waals surface area contributed by atoms with Crippen LogP contribution in [0, 0.1) is 19.3 Å². The van der Waals surface area contributed by atoms with Crippen LogP contribution >= 0.6 is 34.8 Å². The Morgan fingerprint density at radius 1 is 1.26 bits per heavy atom. The first-order chi connectivity index (χ1) is 8.66. The molecule has 3 nitrogen and oxygen atoms in total. The minimum absolute atomic E-state index is 0.114. The maximum absolute atomic E-state index is 12.4. The molecule has 0 bridgehead atoms. The van der Waals surface area contributed by atoms with Crippen LogP contribution in [-0.4, -0.2) is 29.6 Å². The molecular formula is C12H12Cl3NO2S. The highest BCUT2D eigenvalue weighted by Crippen LogP contribution is 2.29. The van der Waals surface area contributed by atoms with Gasteiger partial charge in [0, 0.05) is 0 Å². The summed E-state index contributed by atoms with van der Waals surface area (Å²) in [6.07, 6.45) is 5.16. The number of hydrogen-bond donors (Lipinski definition) is 0. The van der Waals surface area contributed by atoms with Crippen LogP contribution in [0.3, 0.4) is 0 Å². The Bertz CT molecular complexity index is 570. The Hall–Kier alpha value is -0.440. The highest BCUT2D eigenvalue weighted by Gasteiger charge is 2.31. The van der Waals surface area contributed by atoms with Crippen molar-refractivity contribution in [3.8, 4) is 12.3 Å². The number of nitrogens with zero attached hydrogens (tertiary/aromatic N) is 1. The maximum Gasteiger partial charge on any atom is 0.244 e. The second kappa shape index (κ2) is 6.34. The van der Waals surface area contributed by atoms with Gasteiger partial charge in [0.25, 0.3) is 0 Å². The first kappa shape index (κ1) is 16.6. The van der Waals surface area contributed by atoms with E-state index >= 15 is 0 Å². The van der Waals surface area contributed by atoms with Crippen LogP contribution in [-0.2, 0) is 10.0 Å². The van der Waals surface area contributed by atoms with Crippen LogP contribution in [0.2, 0.25) is 0 Å². The smallest absolute Gasteiger partial charge is 0.207 e. The minimum Gasteiger partial charge on any atom is -0.207 e. The number of benzene rings is 1. The van der Waals surface area contributed by atoms with Crippen molar-refractivity contribution in [2.45, 2.75) is 15.6 Å². The number of alkyl halides is 3.